The third kappa shape index (κ3) is 4.34. The molecule has 2 heterocycles. The van der Waals surface area contributed by atoms with Gasteiger partial charge >= 0.3 is 5.97 Å². The minimum absolute atomic E-state index is 0.205. The molecular weight excluding hydrogens is 416 g/mol. The molecule has 0 spiro atoms. The molecule has 162 valence electrons. The van der Waals surface area contributed by atoms with Crippen LogP contribution in [0.2, 0.25) is 0 Å². The minimum atomic E-state index is -0.726. The van der Waals surface area contributed by atoms with Crippen LogP contribution in [0.1, 0.15) is 34.7 Å². The highest BCUT2D eigenvalue weighted by molar-refractivity contribution is 6.09. The van der Waals surface area contributed by atoms with Crippen molar-refractivity contribution in [3.8, 4) is 11.1 Å². The fourth-order valence-corrected chi connectivity index (χ4v) is 3.27. The monoisotopic (exact) mass is 435 g/mol. The van der Waals surface area contributed by atoms with Gasteiger partial charge in [-0.3, -0.25) is 9.78 Å². The van der Waals surface area contributed by atoms with Crippen LogP contribution in [0, 0.1) is 11.6 Å². The number of rotatable bonds is 5. The number of carbonyl (C=O) groups is 2. The first-order valence-electron chi connectivity index (χ1n) is 9.86. The van der Waals surface area contributed by atoms with Crippen LogP contribution in [0.15, 0.2) is 60.9 Å². The van der Waals surface area contributed by atoms with Gasteiger partial charge in [0.15, 0.2) is 0 Å². The highest BCUT2D eigenvalue weighted by Gasteiger charge is 2.18. The first kappa shape index (κ1) is 21.2. The van der Waals surface area contributed by atoms with Crippen LogP contribution in [-0.4, -0.2) is 27.9 Å². The minimum Gasteiger partial charge on any atom is -0.458 e. The molecule has 0 aliphatic carbocycles. The molecule has 2 N–H and O–H groups in total. The number of amides is 1. The lowest BCUT2D eigenvalue weighted by atomic mass is 10.0. The zero-order chi connectivity index (χ0) is 22.8. The Hall–Kier alpha value is -4.07. The van der Waals surface area contributed by atoms with Gasteiger partial charge in [0.2, 0.25) is 0 Å². The van der Waals surface area contributed by atoms with Crippen LogP contribution in [-0.2, 0) is 4.74 Å². The van der Waals surface area contributed by atoms with E-state index in [0.717, 1.165) is 6.07 Å². The maximum absolute atomic E-state index is 14.4. The first-order chi connectivity index (χ1) is 15.3. The lowest BCUT2D eigenvalue weighted by Crippen LogP contribution is -2.14. The predicted molar refractivity (Wildman–Crippen MR) is 116 cm³/mol. The highest BCUT2D eigenvalue weighted by atomic mass is 19.1. The Labute approximate surface area is 182 Å². The fourth-order valence-electron chi connectivity index (χ4n) is 3.27. The van der Waals surface area contributed by atoms with Gasteiger partial charge in [0.1, 0.15) is 17.3 Å². The van der Waals surface area contributed by atoms with E-state index in [0.29, 0.717) is 22.0 Å². The highest BCUT2D eigenvalue weighted by Crippen LogP contribution is 2.26. The number of aromatic amines is 1. The number of benzene rings is 2. The second-order valence-corrected chi connectivity index (χ2v) is 7.45. The number of nitrogens with one attached hydrogen (secondary N) is 2. The van der Waals surface area contributed by atoms with Gasteiger partial charge in [-0.25, -0.2) is 13.6 Å². The summed E-state index contributed by atoms with van der Waals surface area (Å²) in [6, 6.07) is 11.4. The molecule has 2 aromatic heterocycles. The third-order valence-corrected chi connectivity index (χ3v) is 4.71. The normalized spacial score (nSPS) is 11.0. The molecule has 6 nitrogen and oxygen atoms in total. The lowest BCUT2D eigenvalue weighted by molar-refractivity contribution is 0.0372. The number of aromatic nitrogens is 2. The number of carbonyl (C=O) groups excluding carboxylic acids is 2. The molecule has 0 unspecified atom stereocenters. The largest absolute Gasteiger partial charge is 0.458 e. The number of halogens is 2. The van der Waals surface area contributed by atoms with E-state index in [9.17, 15) is 18.4 Å². The summed E-state index contributed by atoms with van der Waals surface area (Å²) in [5.74, 6) is -2.41. The van der Waals surface area contributed by atoms with Crippen LogP contribution >= 0.6 is 0 Å². The van der Waals surface area contributed by atoms with Gasteiger partial charge in [-0.2, -0.15) is 0 Å². The fraction of sp³-hybridized carbons (Fsp3) is 0.125. The van der Waals surface area contributed by atoms with Gasteiger partial charge in [0, 0.05) is 11.6 Å². The van der Waals surface area contributed by atoms with Gasteiger partial charge < -0.3 is 15.0 Å². The summed E-state index contributed by atoms with van der Waals surface area (Å²) in [5, 5.41) is 3.20. The van der Waals surface area contributed by atoms with Crippen LogP contribution in [0.4, 0.5) is 14.5 Å². The Morgan fingerprint density at radius 2 is 1.81 bits per heavy atom. The molecule has 0 aliphatic rings. The molecule has 32 heavy (non-hydrogen) atoms. The number of hydrogen-bond donors (Lipinski definition) is 2. The van der Waals surface area contributed by atoms with E-state index in [1.54, 1.807) is 26.0 Å². The second-order valence-electron chi connectivity index (χ2n) is 7.45. The maximum atomic E-state index is 14.4. The Morgan fingerprint density at radius 3 is 2.56 bits per heavy atom. The molecule has 2 aromatic carbocycles. The van der Waals surface area contributed by atoms with Crippen molar-refractivity contribution in [2.24, 2.45) is 0 Å². The topological polar surface area (TPSA) is 84.1 Å². The number of esters is 1. The zero-order valence-electron chi connectivity index (χ0n) is 17.3. The maximum Gasteiger partial charge on any atom is 0.355 e. The average Bonchev–Trinajstić information content (AvgIpc) is 3.19. The van der Waals surface area contributed by atoms with Gasteiger partial charge in [0.05, 0.1) is 29.1 Å². The van der Waals surface area contributed by atoms with Crippen molar-refractivity contribution in [1.29, 1.82) is 0 Å². The molecule has 0 saturated heterocycles. The number of hydrogen-bond acceptors (Lipinski definition) is 4. The quantitative estimate of drug-likeness (QED) is 0.415. The van der Waals surface area contributed by atoms with Crippen molar-refractivity contribution in [3.05, 3.63) is 83.8 Å². The number of fused-ring (bicyclic) bond motifs is 1. The van der Waals surface area contributed by atoms with Crippen LogP contribution < -0.4 is 5.32 Å². The van der Waals surface area contributed by atoms with Gasteiger partial charge in [-0.05, 0) is 55.3 Å². The molecule has 1 amide bonds. The zero-order valence-corrected chi connectivity index (χ0v) is 17.3. The number of nitrogens with zero attached hydrogens (tertiary/aromatic N) is 1. The van der Waals surface area contributed by atoms with E-state index >= 15 is 0 Å². The molecule has 0 saturated carbocycles. The lowest BCUT2D eigenvalue weighted by Gasteiger charge is -2.09. The molecule has 0 radical (unpaired) electrons. The molecule has 0 bridgehead atoms. The van der Waals surface area contributed by atoms with E-state index in [-0.39, 0.29) is 23.0 Å². The van der Waals surface area contributed by atoms with E-state index in [1.165, 1.54) is 42.7 Å². The Morgan fingerprint density at radius 1 is 1.03 bits per heavy atom. The Balaban J connectivity index is 1.65. The van der Waals surface area contributed by atoms with Crippen LogP contribution in [0.5, 0.6) is 0 Å². The first-order valence-corrected chi connectivity index (χ1v) is 9.86. The van der Waals surface area contributed by atoms with Crippen molar-refractivity contribution < 1.29 is 23.1 Å². The number of ether oxygens (including phenoxy) is 1. The van der Waals surface area contributed by atoms with Gasteiger partial charge in [0.25, 0.3) is 5.91 Å². The van der Waals surface area contributed by atoms with Crippen molar-refractivity contribution >= 4 is 28.5 Å². The van der Waals surface area contributed by atoms with E-state index in [2.05, 4.69) is 15.3 Å². The molecule has 0 fully saturated rings. The van der Waals surface area contributed by atoms with Crippen molar-refractivity contribution in [3.63, 3.8) is 0 Å². The molecule has 4 rings (SSSR count). The second kappa shape index (κ2) is 8.58. The number of pyridine rings is 1. The van der Waals surface area contributed by atoms with Crippen molar-refractivity contribution in [2.45, 2.75) is 20.0 Å². The van der Waals surface area contributed by atoms with Crippen molar-refractivity contribution in [1.82, 2.24) is 9.97 Å². The number of anilines is 1. The average molecular weight is 435 g/mol. The number of H-pyrrole nitrogens is 1. The summed E-state index contributed by atoms with van der Waals surface area (Å²) < 4.78 is 33.2. The van der Waals surface area contributed by atoms with E-state index in [4.69, 9.17) is 4.74 Å². The molecule has 4 aromatic rings. The van der Waals surface area contributed by atoms with Gasteiger partial charge in [-0.15, -0.1) is 0 Å². The summed E-state index contributed by atoms with van der Waals surface area (Å²) in [4.78, 5) is 32.0. The molecule has 0 atom stereocenters. The van der Waals surface area contributed by atoms with Gasteiger partial charge in [-0.1, -0.05) is 18.2 Å². The predicted octanol–water partition coefficient (Wildman–Crippen LogP) is 5.33. The van der Waals surface area contributed by atoms with Crippen molar-refractivity contribution in [2.75, 3.05) is 5.32 Å². The van der Waals surface area contributed by atoms with E-state index in [1.807, 2.05) is 0 Å². The standard InChI is InChI=1S/C24H19F2N3O3/c1-13(2)32-24(31)20-10-16-11-27-12-21(22(16)28-20)29-23(30)18-9-15(6-7-19(18)26)14-4-3-5-17(25)8-14/h3-13,28H,1-2H3,(H,29,30). The summed E-state index contributed by atoms with van der Waals surface area (Å²) in [7, 11) is 0. The Bertz CT molecular complexity index is 1330. The summed E-state index contributed by atoms with van der Waals surface area (Å²) in [6.45, 7) is 3.47. The SMILES string of the molecule is CC(C)OC(=O)c1cc2cncc(NC(=O)c3cc(-c4cccc(F)c4)ccc3F)c2[nH]1. The molecule has 0 aliphatic heterocycles. The van der Waals surface area contributed by atoms with Crippen LogP contribution in [0.3, 0.4) is 0 Å². The van der Waals surface area contributed by atoms with Crippen LogP contribution in [0.25, 0.3) is 22.0 Å². The summed E-state index contributed by atoms with van der Waals surface area (Å²) in [5.41, 5.74) is 1.72. The third-order valence-electron chi connectivity index (χ3n) is 4.71. The smallest absolute Gasteiger partial charge is 0.355 e. The summed E-state index contributed by atoms with van der Waals surface area (Å²) >= 11 is 0. The Kier molecular flexibility index (Phi) is 5.68. The molecular formula is C24H19F2N3O3. The molecule has 8 heteroatoms. The van der Waals surface area contributed by atoms with E-state index < -0.39 is 23.5 Å². The summed E-state index contributed by atoms with van der Waals surface area (Å²) in [6.07, 6.45) is 2.63.